The lowest BCUT2D eigenvalue weighted by Gasteiger charge is -2.36. The molecule has 6 heteroatoms. The van der Waals surface area contributed by atoms with Crippen molar-refractivity contribution in [3.63, 3.8) is 0 Å². The lowest BCUT2D eigenvalue weighted by Crippen LogP contribution is -2.56. The van der Waals surface area contributed by atoms with Crippen LogP contribution >= 0.6 is 0 Å². The van der Waals surface area contributed by atoms with Gasteiger partial charge in [-0.05, 0) is 37.6 Å². The molecule has 110 valence electrons. The van der Waals surface area contributed by atoms with Crippen LogP contribution in [0.1, 0.15) is 19.4 Å². The van der Waals surface area contributed by atoms with Crippen molar-refractivity contribution in [3.8, 4) is 5.75 Å². The van der Waals surface area contributed by atoms with Crippen molar-refractivity contribution < 1.29 is 13.2 Å². The Kier molecular flexibility index (Phi) is 3.48. The first-order chi connectivity index (χ1) is 9.48. The average Bonchev–Trinajstić information content (AvgIpc) is 2.88. The van der Waals surface area contributed by atoms with Crippen LogP contribution < -0.4 is 10.1 Å². The third kappa shape index (κ3) is 2.32. The zero-order valence-electron chi connectivity index (χ0n) is 11.8. The highest BCUT2D eigenvalue weighted by atomic mass is 32.2. The molecule has 1 N–H and O–H groups in total. The van der Waals surface area contributed by atoms with Crippen LogP contribution in [-0.2, 0) is 16.4 Å². The third-order valence-electron chi connectivity index (χ3n) is 3.97. The van der Waals surface area contributed by atoms with E-state index in [9.17, 15) is 8.42 Å². The molecule has 2 unspecified atom stereocenters. The maximum atomic E-state index is 12.8. The lowest BCUT2D eigenvalue weighted by atomic mass is 10.2. The van der Waals surface area contributed by atoms with Crippen LogP contribution in [0.3, 0.4) is 0 Å². The van der Waals surface area contributed by atoms with E-state index in [0.717, 1.165) is 17.7 Å². The normalized spacial score (nSPS) is 27.1. The molecule has 2 atom stereocenters. The molecule has 0 aliphatic carbocycles. The highest BCUT2D eigenvalue weighted by Gasteiger charge is 2.33. The number of hydrogen-bond donors (Lipinski definition) is 1. The first kappa shape index (κ1) is 13.9. The van der Waals surface area contributed by atoms with E-state index in [1.807, 2.05) is 13.8 Å². The molecule has 2 heterocycles. The van der Waals surface area contributed by atoms with Gasteiger partial charge in [-0.3, -0.25) is 0 Å². The van der Waals surface area contributed by atoms with Gasteiger partial charge in [0.25, 0.3) is 0 Å². The standard InChI is InChI=1S/C14H20N2O3S/c1-10-9-16(11(2)8-15-10)20(17,18)13-3-4-14-12(7-13)5-6-19-14/h3-4,7,10-11,15H,5-6,8-9H2,1-2H3. The molecule has 0 spiro atoms. The highest BCUT2D eigenvalue weighted by molar-refractivity contribution is 7.89. The lowest BCUT2D eigenvalue weighted by molar-refractivity contribution is 0.244. The molecule has 1 fully saturated rings. The van der Waals surface area contributed by atoms with Crippen LogP contribution in [0.2, 0.25) is 0 Å². The summed E-state index contributed by atoms with van der Waals surface area (Å²) < 4.78 is 32.6. The van der Waals surface area contributed by atoms with Gasteiger partial charge in [-0.2, -0.15) is 4.31 Å². The summed E-state index contributed by atoms with van der Waals surface area (Å²) in [6.07, 6.45) is 0.784. The molecule has 5 nitrogen and oxygen atoms in total. The molecule has 1 aromatic carbocycles. The van der Waals surface area contributed by atoms with Gasteiger partial charge in [0.2, 0.25) is 10.0 Å². The van der Waals surface area contributed by atoms with E-state index in [1.165, 1.54) is 0 Å². The summed E-state index contributed by atoms with van der Waals surface area (Å²) in [6, 6.07) is 5.33. The third-order valence-corrected chi connectivity index (χ3v) is 5.95. The van der Waals surface area contributed by atoms with Gasteiger partial charge >= 0.3 is 0 Å². The van der Waals surface area contributed by atoms with E-state index >= 15 is 0 Å². The number of sulfonamides is 1. The number of nitrogens with zero attached hydrogens (tertiary/aromatic N) is 1. The monoisotopic (exact) mass is 296 g/mol. The van der Waals surface area contributed by atoms with Gasteiger partial charge in [0.1, 0.15) is 5.75 Å². The Bertz CT molecular complexity index is 615. The Morgan fingerprint density at radius 2 is 2.15 bits per heavy atom. The zero-order chi connectivity index (χ0) is 14.3. The number of ether oxygens (including phenoxy) is 1. The van der Waals surface area contributed by atoms with E-state index in [1.54, 1.807) is 22.5 Å². The molecule has 1 saturated heterocycles. The maximum Gasteiger partial charge on any atom is 0.243 e. The molecule has 20 heavy (non-hydrogen) atoms. The number of piperazine rings is 1. The number of fused-ring (bicyclic) bond motifs is 1. The summed E-state index contributed by atoms with van der Waals surface area (Å²) in [6.45, 7) is 5.78. The van der Waals surface area contributed by atoms with Crippen molar-refractivity contribution in [3.05, 3.63) is 23.8 Å². The highest BCUT2D eigenvalue weighted by Crippen LogP contribution is 2.29. The minimum absolute atomic E-state index is 0.0271. The Hall–Kier alpha value is -1.11. The minimum Gasteiger partial charge on any atom is -0.493 e. The first-order valence-corrected chi connectivity index (χ1v) is 8.43. The molecular formula is C14H20N2O3S. The van der Waals surface area contributed by atoms with Crippen LogP contribution in [0, 0.1) is 0 Å². The molecule has 2 aliphatic heterocycles. The van der Waals surface area contributed by atoms with Crippen LogP contribution in [0.15, 0.2) is 23.1 Å². The first-order valence-electron chi connectivity index (χ1n) is 6.99. The molecule has 3 rings (SSSR count). The molecule has 0 bridgehead atoms. The van der Waals surface area contributed by atoms with Gasteiger partial charge in [-0.15, -0.1) is 0 Å². The topological polar surface area (TPSA) is 58.6 Å². The fraction of sp³-hybridized carbons (Fsp3) is 0.571. The van der Waals surface area contributed by atoms with Gasteiger partial charge in [-0.1, -0.05) is 0 Å². The smallest absolute Gasteiger partial charge is 0.243 e. The second-order valence-electron chi connectivity index (χ2n) is 5.60. The maximum absolute atomic E-state index is 12.8. The molecule has 0 aromatic heterocycles. The molecule has 1 aromatic rings. The van der Waals surface area contributed by atoms with Crippen LogP contribution in [0.4, 0.5) is 0 Å². The summed E-state index contributed by atoms with van der Waals surface area (Å²) in [5.74, 6) is 0.811. The van der Waals surface area contributed by atoms with Crippen LogP contribution in [0.25, 0.3) is 0 Å². The second-order valence-corrected chi connectivity index (χ2v) is 7.49. The molecule has 2 aliphatic rings. The fourth-order valence-electron chi connectivity index (χ4n) is 2.78. The molecule has 0 saturated carbocycles. The van der Waals surface area contributed by atoms with Gasteiger partial charge in [-0.25, -0.2) is 8.42 Å². The summed E-state index contributed by atoms with van der Waals surface area (Å²) in [5.41, 5.74) is 0.988. The van der Waals surface area contributed by atoms with Gasteiger partial charge in [0.15, 0.2) is 0 Å². The van der Waals surface area contributed by atoms with Crippen molar-refractivity contribution in [1.82, 2.24) is 9.62 Å². The van der Waals surface area contributed by atoms with E-state index < -0.39 is 10.0 Å². The van der Waals surface area contributed by atoms with Crippen LogP contribution in [-0.4, -0.2) is 44.5 Å². The molecule has 0 radical (unpaired) electrons. The number of benzene rings is 1. The number of rotatable bonds is 2. The second kappa shape index (κ2) is 5.02. The number of hydrogen-bond acceptors (Lipinski definition) is 4. The molecule has 0 amide bonds. The summed E-state index contributed by atoms with van der Waals surface area (Å²) in [5, 5.41) is 3.30. The zero-order valence-corrected chi connectivity index (χ0v) is 12.6. The van der Waals surface area contributed by atoms with E-state index in [-0.39, 0.29) is 12.1 Å². The van der Waals surface area contributed by atoms with Gasteiger partial charge < -0.3 is 10.1 Å². The minimum atomic E-state index is -3.43. The Morgan fingerprint density at radius 1 is 1.35 bits per heavy atom. The average molecular weight is 296 g/mol. The fourth-order valence-corrected chi connectivity index (χ4v) is 4.55. The largest absolute Gasteiger partial charge is 0.493 e. The number of nitrogens with one attached hydrogen (secondary N) is 1. The SMILES string of the molecule is CC1CN(S(=O)(=O)c2ccc3c(c2)CCO3)C(C)CN1. The van der Waals surface area contributed by atoms with Crippen molar-refractivity contribution >= 4 is 10.0 Å². The van der Waals surface area contributed by atoms with Crippen molar-refractivity contribution in [2.45, 2.75) is 37.2 Å². The van der Waals surface area contributed by atoms with Gasteiger partial charge in [0, 0.05) is 31.6 Å². The van der Waals surface area contributed by atoms with Crippen molar-refractivity contribution in [2.24, 2.45) is 0 Å². The Morgan fingerprint density at radius 3 is 2.95 bits per heavy atom. The van der Waals surface area contributed by atoms with Gasteiger partial charge in [0.05, 0.1) is 11.5 Å². The van der Waals surface area contributed by atoms with Crippen molar-refractivity contribution in [1.29, 1.82) is 0 Å². The summed E-state index contributed by atoms with van der Waals surface area (Å²) in [7, 11) is -3.43. The van der Waals surface area contributed by atoms with E-state index in [2.05, 4.69) is 5.32 Å². The Balaban J connectivity index is 1.95. The van der Waals surface area contributed by atoms with Crippen LogP contribution in [0.5, 0.6) is 5.75 Å². The summed E-state index contributed by atoms with van der Waals surface area (Å²) >= 11 is 0. The van der Waals surface area contributed by atoms with E-state index in [4.69, 9.17) is 4.74 Å². The predicted octanol–water partition coefficient (Wildman–Crippen LogP) is 0.992. The van der Waals surface area contributed by atoms with Crippen molar-refractivity contribution in [2.75, 3.05) is 19.7 Å². The Labute approximate surface area is 120 Å². The molecular weight excluding hydrogens is 276 g/mol. The quantitative estimate of drug-likeness (QED) is 0.884. The summed E-state index contributed by atoms with van der Waals surface area (Å²) in [4.78, 5) is 0.378. The van der Waals surface area contributed by atoms with E-state index in [0.29, 0.717) is 24.6 Å². The predicted molar refractivity (Wildman–Crippen MR) is 76.5 cm³/mol.